The fourth-order valence-corrected chi connectivity index (χ4v) is 8.86. The Morgan fingerprint density at radius 2 is 1.31 bits per heavy atom. The molecular weight excluding hydrogens is 823 g/mol. The van der Waals surface area contributed by atoms with Crippen LogP contribution in [0.4, 0.5) is 5.69 Å². The van der Waals surface area contributed by atoms with Gasteiger partial charge in [-0.3, -0.25) is 33.7 Å². The Labute approximate surface area is 365 Å². The number of ether oxygens (including phenoxy) is 1. The summed E-state index contributed by atoms with van der Waals surface area (Å²) in [6.45, 7) is 2.30. The van der Waals surface area contributed by atoms with E-state index >= 15 is 0 Å². The molecule has 1 fully saturated rings. The van der Waals surface area contributed by atoms with E-state index in [9.17, 15) is 28.8 Å². The van der Waals surface area contributed by atoms with Crippen LogP contribution in [-0.2, 0) is 44.1 Å². The Morgan fingerprint density at radius 1 is 0.738 bits per heavy atom. The molecule has 3 N–H and O–H groups in total. The number of nitrogens with one attached hydrogen (secondary N) is 2. The minimum absolute atomic E-state index is 0.0208. The van der Waals surface area contributed by atoms with Crippen molar-refractivity contribution in [3.05, 3.63) is 53.6 Å². The predicted octanol–water partition coefficient (Wildman–Crippen LogP) is 7.77. The molecule has 2 aromatic carbocycles. The largest absolute Gasteiger partial charge is 0.481 e. The van der Waals surface area contributed by atoms with Gasteiger partial charge in [-0.1, -0.05) is 107 Å². The third-order valence-electron chi connectivity index (χ3n) is 10.8. The van der Waals surface area contributed by atoms with E-state index < -0.39 is 16.6 Å². The average molecular weight is 886 g/mol. The van der Waals surface area contributed by atoms with Crippen molar-refractivity contribution in [1.29, 1.82) is 0 Å². The van der Waals surface area contributed by atoms with Gasteiger partial charge in [-0.25, -0.2) is 0 Å². The molecule has 1 aliphatic heterocycles. The zero-order valence-electron chi connectivity index (χ0n) is 35.5. The minimum Gasteiger partial charge on any atom is -0.481 e. The van der Waals surface area contributed by atoms with Crippen LogP contribution >= 0.6 is 11.8 Å². The van der Waals surface area contributed by atoms with Crippen molar-refractivity contribution in [3.8, 4) is 11.1 Å². The molecule has 2 aromatic rings. The normalized spacial score (nSPS) is 15.1. The molecule has 336 valence electrons. The number of carbonyl (C=O) groups is 6. The van der Waals surface area contributed by atoms with Crippen molar-refractivity contribution in [1.82, 2.24) is 10.2 Å². The van der Waals surface area contributed by atoms with Crippen molar-refractivity contribution in [2.75, 3.05) is 30.8 Å². The van der Waals surface area contributed by atoms with Gasteiger partial charge in [0.05, 0.1) is 5.25 Å². The summed E-state index contributed by atoms with van der Waals surface area (Å²) < 4.78 is 30.7. The lowest BCUT2D eigenvalue weighted by molar-refractivity contribution is -0.141. The number of rotatable bonds is 29. The summed E-state index contributed by atoms with van der Waals surface area (Å²) in [5, 5.41) is 14.1. The van der Waals surface area contributed by atoms with Crippen LogP contribution in [0.5, 0.6) is 0 Å². The summed E-state index contributed by atoms with van der Waals surface area (Å²) in [7, 11) is -3.11. The van der Waals surface area contributed by atoms with Gasteiger partial charge in [0.1, 0.15) is 6.61 Å². The zero-order valence-corrected chi connectivity index (χ0v) is 37.1. The molecule has 0 radical (unpaired) electrons. The first-order valence-corrected chi connectivity index (χ1v) is 23.8. The second-order valence-corrected chi connectivity index (χ2v) is 17.3. The minimum atomic E-state index is -3.11. The van der Waals surface area contributed by atoms with E-state index in [1.54, 1.807) is 11.8 Å². The number of aliphatic carboxylic acids is 1. The van der Waals surface area contributed by atoms with Crippen LogP contribution in [0.1, 0.15) is 152 Å². The molecule has 4 rings (SSSR count). The lowest BCUT2D eigenvalue weighted by atomic mass is 9.97. The molecule has 2 unspecified atom stereocenters. The molecule has 14 nitrogen and oxygen atoms in total. The summed E-state index contributed by atoms with van der Waals surface area (Å²) in [4.78, 5) is 73.8. The number of nitrogens with zero attached hydrogens (tertiary/aromatic N) is 1. The van der Waals surface area contributed by atoms with Crippen molar-refractivity contribution in [2.24, 2.45) is 0 Å². The molecule has 1 aliphatic carbocycles. The van der Waals surface area contributed by atoms with Crippen LogP contribution in [0.15, 0.2) is 42.5 Å². The van der Waals surface area contributed by atoms with E-state index in [1.807, 2.05) is 42.5 Å². The lowest BCUT2D eigenvalue weighted by Gasteiger charge is -2.16. The van der Waals surface area contributed by atoms with Gasteiger partial charge >= 0.3 is 22.5 Å². The van der Waals surface area contributed by atoms with Gasteiger partial charge in [0.25, 0.3) is 0 Å². The quantitative estimate of drug-likeness (QED) is 0.0407. The third-order valence-corrected chi connectivity index (χ3v) is 12.1. The van der Waals surface area contributed by atoms with Crippen molar-refractivity contribution < 1.29 is 51.2 Å². The average Bonchev–Trinajstić information content (AvgIpc) is 3.67. The van der Waals surface area contributed by atoms with Gasteiger partial charge in [-0.2, -0.15) is 0 Å². The smallest absolute Gasteiger partial charge is 0.425 e. The number of carboxylic acid groups (broad SMARTS) is 1. The standard InChI is InChI=1S/C45H63N3O8S.O3S/c1-33(49)56-32-39-36-21-17-16-20-35(36)37-25-24-34(30-38(37)39)47-42(51)26-28-48-43(52)31-40(45(48)55)57-29-19-12-10-8-6-4-2-3-5-7-9-11-14-22-41(50)46-27-18-13-15-23-44(53)54;1-4(2)3/h16-17,20-21,24-25,30,39-40H,2-15,18-19,22-23,26-29,31-32H2,1H3,(H,46,50)(H,47,51)(H,53,54);. The summed E-state index contributed by atoms with van der Waals surface area (Å²) in [6, 6.07) is 13.7. The van der Waals surface area contributed by atoms with Crippen molar-refractivity contribution in [3.63, 3.8) is 0 Å². The SMILES string of the molecule is CC(=O)OCC1c2ccccc2-c2ccc(NC(=O)CCN3C(=O)CC(SCCCCCCCCCCCCCCCC(=O)NCCCCCC(=O)O)C3=O)cc21.O=S(=O)=O. The number of esters is 1. The van der Waals surface area contributed by atoms with E-state index in [0.29, 0.717) is 25.1 Å². The van der Waals surface area contributed by atoms with Crippen LogP contribution in [0.2, 0.25) is 0 Å². The molecule has 16 heteroatoms. The number of amides is 4. The highest BCUT2D eigenvalue weighted by Gasteiger charge is 2.38. The summed E-state index contributed by atoms with van der Waals surface area (Å²) in [5.41, 5.74) is 4.81. The highest BCUT2D eigenvalue weighted by molar-refractivity contribution is 8.00. The van der Waals surface area contributed by atoms with E-state index in [0.717, 1.165) is 66.5 Å². The van der Waals surface area contributed by atoms with Crippen LogP contribution < -0.4 is 10.6 Å². The van der Waals surface area contributed by atoms with E-state index in [1.165, 1.54) is 69.6 Å². The Morgan fingerprint density at radius 3 is 1.95 bits per heavy atom. The molecule has 2 aliphatic rings. The zero-order chi connectivity index (χ0) is 44.4. The second-order valence-electron chi connectivity index (χ2n) is 15.6. The maximum absolute atomic E-state index is 13.0. The number of carboxylic acids is 1. The molecule has 0 spiro atoms. The fourth-order valence-electron chi connectivity index (χ4n) is 7.67. The monoisotopic (exact) mass is 885 g/mol. The molecule has 1 saturated heterocycles. The number of unbranched alkanes of at least 4 members (excludes halogenated alkanes) is 14. The number of carbonyl (C=O) groups excluding carboxylic acids is 5. The van der Waals surface area contributed by atoms with Gasteiger partial charge < -0.3 is 20.5 Å². The van der Waals surface area contributed by atoms with Crippen LogP contribution in [0.3, 0.4) is 0 Å². The molecule has 4 amide bonds. The third kappa shape index (κ3) is 19.8. The maximum Gasteiger partial charge on any atom is 0.425 e. The van der Waals surface area contributed by atoms with Gasteiger partial charge in [0.15, 0.2) is 0 Å². The Bertz CT molecular complexity index is 1870. The van der Waals surface area contributed by atoms with Crippen LogP contribution in [0, 0.1) is 0 Å². The van der Waals surface area contributed by atoms with Crippen LogP contribution in [-0.4, -0.2) is 88.9 Å². The number of anilines is 1. The number of benzene rings is 2. The number of hydrogen-bond donors (Lipinski definition) is 3. The lowest BCUT2D eigenvalue weighted by Crippen LogP contribution is -2.34. The van der Waals surface area contributed by atoms with Gasteiger partial charge in [0, 0.05) is 57.3 Å². The first-order chi connectivity index (χ1) is 29.4. The molecule has 61 heavy (non-hydrogen) atoms. The van der Waals surface area contributed by atoms with Gasteiger partial charge in [-0.05, 0) is 65.8 Å². The number of fused-ring (bicyclic) bond motifs is 3. The van der Waals surface area contributed by atoms with Crippen LogP contribution in [0.25, 0.3) is 11.1 Å². The summed E-state index contributed by atoms with van der Waals surface area (Å²) >= 11 is 1.56. The molecular formula is C45H63N3O11S2. The molecule has 0 bridgehead atoms. The molecule has 1 heterocycles. The van der Waals surface area contributed by atoms with E-state index in [-0.39, 0.29) is 73.2 Å². The predicted molar refractivity (Wildman–Crippen MR) is 235 cm³/mol. The summed E-state index contributed by atoms with van der Waals surface area (Å²) in [6.07, 6.45) is 18.6. The van der Waals surface area contributed by atoms with E-state index in [4.69, 9.17) is 22.5 Å². The second kappa shape index (κ2) is 28.9. The Kier molecular flexibility index (Phi) is 24.0. The molecule has 2 atom stereocenters. The number of imide groups is 1. The first kappa shape index (κ1) is 50.8. The first-order valence-electron chi connectivity index (χ1n) is 21.7. The summed E-state index contributed by atoms with van der Waals surface area (Å²) in [5.74, 6) is -0.965. The Hall–Kier alpha value is -4.57. The highest BCUT2D eigenvalue weighted by Crippen LogP contribution is 2.45. The maximum atomic E-state index is 13.0. The van der Waals surface area contributed by atoms with E-state index in [2.05, 4.69) is 10.6 Å². The molecule has 0 saturated carbocycles. The fraction of sp³-hybridized carbons (Fsp3) is 0.600. The number of likely N-dealkylation sites (tertiary alicyclic amines) is 1. The number of hydrogen-bond acceptors (Lipinski definition) is 11. The van der Waals surface area contributed by atoms with Crippen molar-refractivity contribution >= 4 is 63.6 Å². The van der Waals surface area contributed by atoms with Crippen molar-refractivity contribution in [2.45, 2.75) is 147 Å². The number of thioether (sulfide) groups is 1. The topological polar surface area (TPSA) is 210 Å². The highest BCUT2D eigenvalue weighted by atomic mass is 32.2. The van der Waals surface area contributed by atoms with Gasteiger partial charge in [-0.15, -0.1) is 24.4 Å². The van der Waals surface area contributed by atoms with Gasteiger partial charge in [0.2, 0.25) is 23.6 Å². The molecule has 0 aromatic heterocycles. The Balaban J connectivity index is 0.00000237.